The smallest absolute Gasteiger partial charge is 0.267 e. The number of rotatable bonds is 1. The standard InChI is InChI=1S/C10H4Cl2N4OS/c11-6-3-5(1-2-13-6)9-15-16-8(17)4-7(12)14-10(16)18-9/h1-4H. The van der Waals surface area contributed by atoms with Crippen molar-refractivity contribution in [2.45, 2.75) is 0 Å². The van der Waals surface area contributed by atoms with E-state index in [1.165, 1.54) is 21.9 Å². The van der Waals surface area contributed by atoms with Crippen molar-refractivity contribution in [3.05, 3.63) is 45.1 Å². The molecule has 0 aromatic carbocycles. The maximum Gasteiger partial charge on any atom is 0.276 e. The van der Waals surface area contributed by atoms with Gasteiger partial charge in [0.2, 0.25) is 4.96 Å². The fraction of sp³-hybridized carbons (Fsp3) is 0. The lowest BCUT2D eigenvalue weighted by Gasteiger charge is -1.93. The normalized spacial score (nSPS) is 11.0. The zero-order chi connectivity index (χ0) is 12.7. The molecule has 0 atom stereocenters. The maximum absolute atomic E-state index is 11.7. The molecular formula is C10H4Cl2N4OS. The van der Waals surface area contributed by atoms with Crippen molar-refractivity contribution in [1.82, 2.24) is 19.6 Å². The molecule has 3 aromatic heterocycles. The maximum atomic E-state index is 11.7. The highest BCUT2D eigenvalue weighted by Gasteiger charge is 2.10. The van der Waals surface area contributed by atoms with Gasteiger partial charge in [-0.25, -0.2) is 9.97 Å². The van der Waals surface area contributed by atoms with Crippen LogP contribution in [-0.2, 0) is 0 Å². The Balaban J connectivity index is 2.26. The molecule has 18 heavy (non-hydrogen) atoms. The number of aromatic nitrogens is 4. The van der Waals surface area contributed by atoms with E-state index in [2.05, 4.69) is 15.1 Å². The van der Waals surface area contributed by atoms with Gasteiger partial charge < -0.3 is 0 Å². The molecule has 0 saturated heterocycles. The summed E-state index contributed by atoms with van der Waals surface area (Å²) < 4.78 is 1.21. The number of nitrogens with zero attached hydrogens (tertiary/aromatic N) is 4. The van der Waals surface area contributed by atoms with Gasteiger partial charge in [0.25, 0.3) is 5.56 Å². The Morgan fingerprint density at radius 2 is 2.06 bits per heavy atom. The molecule has 3 aromatic rings. The Morgan fingerprint density at radius 3 is 2.83 bits per heavy atom. The third-order valence-corrected chi connectivity index (χ3v) is 3.55. The van der Waals surface area contributed by atoms with E-state index >= 15 is 0 Å². The minimum atomic E-state index is -0.312. The molecule has 0 unspecified atom stereocenters. The first-order chi connectivity index (χ1) is 8.63. The van der Waals surface area contributed by atoms with Crippen molar-refractivity contribution in [2.24, 2.45) is 0 Å². The molecule has 0 amide bonds. The molecule has 0 fully saturated rings. The average molecular weight is 299 g/mol. The number of halogens is 2. The van der Waals surface area contributed by atoms with Crippen LogP contribution in [0.1, 0.15) is 0 Å². The topological polar surface area (TPSA) is 60.2 Å². The summed E-state index contributed by atoms with van der Waals surface area (Å²) in [6, 6.07) is 4.65. The first-order valence-corrected chi connectivity index (χ1v) is 6.39. The van der Waals surface area contributed by atoms with E-state index in [1.54, 1.807) is 18.3 Å². The summed E-state index contributed by atoms with van der Waals surface area (Å²) >= 11 is 12.8. The number of pyridine rings is 1. The Hall–Kier alpha value is -1.50. The Kier molecular flexibility index (Phi) is 2.77. The summed E-state index contributed by atoms with van der Waals surface area (Å²) in [7, 11) is 0. The molecule has 0 spiro atoms. The van der Waals surface area contributed by atoms with Crippen molar-refractivity contribution in [3.63, 3.8) is 0 Å². The van der Waals surface area contributed by atoms with Crippen molar-refractivity contribution in [3.8, 4) is 10.6 Å². The van der Waals surface area contributed by atoms with Crippen LogP contribution in [-0.4, -0.2) is 19.6 Å². The van der Waals surface area contributed by atoms with Crippen LogP contribution in [0.3, 0.4) is 0 Å². The summed E-state index contributed by atoms with van der Waals surface area (Å²) in [6.07, 6.45) is 1.58. The Labute approximate surface area is 115 Å². The molecule has 5 nitrogen and oxygen atoms in total. The predicted octanol–water partition coefficient (Wildman–Crippen LogP) is 2.52. The van der Waals surface area contributed by atoms with Gasteiger partial charge in [-0.15, -0.1) is 0 Å². The SMILES string of the molecule is O=c1cc(Cl)nc2sc(-c3ccnc(Cl)c3)nn12. The lowest BCUT2D eigenvalue weighted by Crippen LogP contribution is -2.13. The quantitative estimate of drug-likeness (QED) is 0.512. The monoisotopic (exact) mass is 298 g/mol. The van der Waals surface area contributed by atoms with Crippen LogP contribution in [0.5, 0.6) is 0 Å². The van der Waals surface area contributed by atoms with Crippen molar-refractivity contribution in [1.29, 1.82) is 0 Å². The predicted molar refractivity (Wildman–Crippen MR) is 70.4 cm³/mol. The molecule has 0 aliphatic rings. The third kappa shape index (κ3) is 1.98. The summed E-state index contributed by atoms with van der Waals surface area (Å²) in [5.41, 5.74) is 0.466. The average Bonchev–Trinajstić information content (AvgIpc) is 2.73. The fourth-order valence-corrected chi connectivity index (χ4v) is 2.74. The van der Waals surface area contributed by atoms with Crippen LogP contribution in [0, 0.1) is 0 Å². The van der Waals surface area contributed by atoms with E-state index < -0.39 is 0 Å². The molecule has 0 saturated carbocycles. The zero-order valence-corrected chi connectivity index (χ0v) is 11.0. The van der Waals surface area contributed by atoms with Crippen molar-refractivity contribution < 1.29 is 0 Å². The molecule has 90 valence electrons. The highest BCUT2D eigenvalue weighted by molar-refractivity contribution is 7.19. The summed E-state index contributed by atoms with van der Waals surface area (Å²) in [5, 5.41) is 5.33. The summed E-state index contributed by atoms with van der Waals surface area (Å²) in [5.74, 6) is 0. The van der Waals surface area contributed by atoms with E-state index in [9.17, 15) is 4.79 Å². The van der Waals surface area contributed by atoms with Gasteiger partial charge in [0, 0.05) is 17.8 Å². The summed E-state index contributed by atoms with van der Waals surface area (Å²) in [6.45, 7) is 0. The van der Waals surface area contributed by atoms with Crippen LogP contribution in [0.4, 0.5) is 0 Å². The molecule has 3 heterocycles. The van der Waals surface area contributed by atoms with Gasteiger partial charge in [0.1, 0.15) is 15.3 Å². The first-order valence-electron chi connectivity index (χ1n) is 4.82. The minimum Gasteiger partial charge on any atom is -0.267 e. The van der Waals surface area contributed by atoms with Gasteiger partial charge in [-0.3, -0.25) is 4.79 Å². The minimum absolute atomic E-state index is 0.156. The third-order valence-electron chi connectivity index (χ3n) is 2.19. The Morgan fingerprint density at radius 1 is 1.22 bits per heavy atom. The number of fused-ring (bicyclic) bond motifs is 1. The molecule has 3 rings (SSSR count). The first kappa shape index (κ1) is 11.6. The van der Waals surface area contributed by atoms with Crippen LogP contribution in [0.2, 0.25) is 10.3 Å². The molecule has 0 aliphatic heterocycles. The van der Waals surface area contributed by atoms with Gasteiger partial charge in [0.15, 0.2) is 0 Å². The van der Waals surface area contributed by atoms with Crippen molar-refractivity contribution >= 4 is 39.5 Å². The highest BCUT2D eigenvalue weighted by atomic mass is 35.5. The molecule has 0 aliphatic carbocycles. The van der Waals surface area contributed by atoms with E-state index in [4.69, 9.17) is 23.2 Å². The van der Waals surface area contributed by atoms with E-state index in [1.807, 2.05) is 0 Å². The fourth-order valence-electron chi connectivity index (χ4n) is 1.44. The van der Waals surface area contributed by atoms with Gasteiger partial charge in [-0.1, -0.05) is 34.5 Å². The molecule has 0 bridgehead atoms. The van der Waals surface area contributed by atoms with Crippen molar-refractivity contribution in [2.75, 3.05) is 0 Å². The van der Waals surface area contributed by atoms with Crippen LogP contribution in [0.15, 0.2) is 29.2 Å². The van der Waals surface area contributed by atoms with Gasteiger partial charge in [-0.05, 0) is 12.1 Å². The van der Waals surface area contributed by atoms with E-state index in [-0.39, 0.29) is 10.7 Å². The van der Waals surface area contributed by atoms with Gasteiger partial charge in [0.05, 0.1) is 0 Å². The number of hydrogen-bond donors (Lipinski definition) is 0. The number of hydrogen-bond acceptors (Lipinski definition) is 5. The largest absolute Gasteiger partial charge is 0.276 e. The lowest BCUT2D eigenvalue weighted by atomic mass is 10.3. The summed E-state index contributed by atoms with van der Waals surface area (Å²) in [4.78, 5) is 20.0. The van der Waals surface area contributed by atoms with Crippen LogP contribution in [0.25, 0.3) is 15.5 Å². The second kappa shape index (κ2) is 4.31. The van der Waals surface area contributed by atoms with E-state index in [0.717, 1.165) is 5.56 Å². The van der Waals surface area contributed by atoms with Gasteiger partial charge in [-0.2, -0.15) is 9.61 Å². The molecule has 0 radical (unpaired) electrons. The van der Waals surface area contributed by atoms with Crippen LogP contribution >= 0.6 is 34.5 Å². The zero-order valence-electron chi connectivity index (χ0n) is 8.67. The highest BCUT2D eigenvalue weighted by Crippen LogP contribution is 2.25. The molecular weight excluding hydrogens is 295 g/mol. The Bertz CT molecular complexity index is 798. The van der Waals surface area contributed by atoms with Crippen LogP contribution < -0.4 is 5.56 Å². The second-order valence-electron chi connectivity index (χ2n) is 3.39. The molecule has 0 N–H and O–H groups in total. The lowest BCUT2D eigenvalue weighted by molar-refractivity contribution is 0.903. The van der Waals surface area contributed by atoms with E-state index in [0.29, 0.717) is 15.1 Å². The second-order valence-corrected chi connectivity index (χ2v) is 5.12. The van der Waals surface area contributed by atoms with Gasteiger partial charge >= 0.3 is 0 Å². The molecule has 8 heteroatoms.